The molecule has 0 aliphatic carbocycles. The molecule has 0 aliphatic heterocycles. The van der Waals surface area contributed by atoms with E-state index in [2.05, 4.69) is 5.32 Å². The Labute approximate surface area is 184 Å². The Morgan fingerprint density at radius 2 is 1.81 bits per heavy atom. The first-order valence-electron chi connectivity index (χ1n) is 9.90. The first-order chi connectivity index (χ1) is 14.9. The number of fused-ring (bicyclic) bond motifs is 1. The van der Waals surface area contributed by atoms with Crippen molar-refractivity contribution in [3.63, 3.8) is 0 Å². The number of rotatable bonds is 5. The number of carbonyl (C=O) groups is 2. The van der Waals surface area contributed by atoms with Crippen molar-refractivity contribution in [1.82, 2.24) is 5.32 Å². The third-order valence-corrected chi connectivity index (χ3v) is 5.40. The van der Waals surface area contributed by atoms with E-state index in [1.54, 1.807) is 24.3 Å². The average Bonchev–Trinajstić information content (AvgIpc) is 3.09. The zero-order valence-corrected chi connectivity index (χ0v) is 17.9. The molecule has 0 aliphatic rings. The van der Waals surface area contributed by atoms with Gasteiger partial charge < -0.3 is 15.5 Å². The highest BCUT2D eigenvalue weighted by molar-refractivity contribution is 6.31. The minimum Gasteiger partial charge on any atom is -0.450 e. The largest absolute Gasteiger partial charge is 0.450 e. The van der Waals surface area contributed by atoms with Gasteiger partial charge in [0.25, 0.3) is 5.91 Å². The normalized spacial score (nSPS) is 10.9. The molecule has 1 heterocycles. The zero-order chi connectivity index (χ0) is 22.1. The summed E-state index contributed by atoms with van der Waals surface area (Å²) in [4.78, 5) is 25.2. The molecule has 156 valence electrons. The maximum absolute atomic E-state index is 13.0. The predicted octanol–water partition coefficient (Wildman–Crippen LogP) is 5.62. The van der Waals surface area contributed by atoms with Crippen LogP contribution >= 0.6 is 11.6 Å². The highest BCUT2D eigenvalue weighted by atomic mass is 35.5. The smallest absolute Gasteiger partial charge is 0.251 e. The van der Waals surface area contributed by atoms with Gasteiger partial charge in [-0.2, -0.15) is 0 Å². The van der Waals surface area contributed by atoms with Gasteiger partial charge in [-0.1, -0.05) is 29.8 Å². The lowest BCUT2D eigenvalue weighted by Crippen LogP contribution is -2.22. The lowest BCUT2D eigenvalue weighted by molar-refractivity contribution is 0.0955. The summed E-state index contributed by atoms with van der Waals surface area (Å²) in [6.45, 7) is 4.25. The highest BCUT2D eigenvalue weighted by Gasteiger charge is 2.22. The molecular weight excluding hydrogens is 412 g/mol. The van der Waals surface area contributed by atoms with Crippen molar-refractivity contribution in [2.24, 2.45) is 0 Å². The van der Waals surface area contributed by atoms with Crippen molar-refractivity contribution < 1.29 is 14.0 Å². The Bertz CT molecular complexity index is 1320. The van der Waals surface area contributed by atoms with Gasteiger partial charge in [-0.3, -0.25) is 9.59 Å². The number of nitrogens with two attached hydrogens (primary N) is 1. The van der Waals surface area contributed by atoms with Crippen LogP contribution in [-0.4, -0.2) is 18.2 Å². The van der Waals surface area contributed by atoms with Gasteiger partial charge in [0.05, 0.1) is 5.69 Å². The number of carbonyl (C=O) groups excluding carboxylic acids is 2. The second-order valence-corrected chi connectivity index (χ2v) is 7.72. The van der Waals surface area contributed by atoms with E-state index in [9.17, 15) is 9.59 Å². The fourth-order valence-corrected chi connectivity index (χ4v) is 3.80. The molecule has 3 aromatic carbocycles. The number of halogens is 1. The number of amides is 1. The van der Waals surface area contributed by atoms with Crippen LogP contribution in [0.25, 0.3) is 22.1 Å². The monoisotopic (exact) mass is 432 g/mol. The Balaban J connectivity index is 1.74. The molecule has 0 bridgehead atoms. The van der Waals surface area contributed by atoms with Crippen LogP contribution in [0.4, 0.5) is 5.69 Å². The summed E-state index contributed by atoms with van der Waals surface area (Å²) in [5.74, 6) is -0.310. The lowest BCUT2D eigenvalue weighted by Gasteiger charge is -2.06. The number of ketones is 1. The summed E-state index contributed by atoms with van der Waals surface area (Å²) in [6.07, 6.45) is 0. The number of nitrogen functional groups attached to an aromatic ring is 1. The molecule has 0 atom stereocenters. The van der Waals surface area contributed by atoms with Gasteiger partial charge in [-0.15, -0.1) is 0 Å². The van der Waals surface area contributed by atoms with Crippen LogP contribution in [0, 0.1) is 6.92 Å². The maximum Gasteiger partial charge on any atom is 0.251 e. The number of aryl methyl sites for hydroxylation is 1. The maximum atomic E-state index is 13.0. The van der Waals surface area contributed by atoms with Crippen molar-refractivity contribution in [1.29, 1.82) is 0 Å². The van der Waals surface area contributed by atoms with E-state index >= 15 is 0 Å². The molecule has 31 heavy (non-hydrogen) atoms. The summed E-state index contributed by atoms with van der Waals surface area (Å²) in [5, 5.41) is 4.02. The summed E-state index contributed by atoms with van der Waals surface area (Å²) >= 11 is 6.00. The Morgan fingerprint density at radius 3 is 2.55 bits per heavy atom. The SMILES string of the molecule is CCNC(=O)c1cccc(-c2ccc3c(N)c(C(=O)c4ccc(Cl)cc4C)oc3c2)c1. The van der Waals surface area contributed by atoms with Crippen molar-refractivity contribution in [3.05, 3.63) is 88.1 Å². The van der Waals surface area contributed by atoms with Crippen LogP contribution in [0.5, 0.6) is 0 Å². The molecule has 3 N–H and O–H groups in total. The third-order valence-electron chi connectivity index (χ3n) is 5.16. The Hall–Kier alpha value is -3.57. The van der Waals surface area contributed by atoms with E-state index in [4.69, 9.17) is 21.8 Å². The van der Waals surface area contributed by atoms with Crippen LogP contribution in [0.2, 0.25) is 5.02 Å². The number of nitrogens with one attached hydrogen (secondary N) is 1. The van der Waals surface area contributed by atoms with E-state index in [1.165, 1.54) is 0 Å². The van der Waals surface area contributed by atoms with Crippen LogP contribution in [0.15, 0.2) is 65.1 Å². The molecule has 0 fully saturated rings. The number of furan rings is 1. The number of benzene rings is 3. The van der Waals surface area contributed by atoms with Gasteiger partial charge in [0, 0.05) is 28.1 Å². The number of hydrogen-bond acceptors (Lipinski definition) is 4. The van der Waals surface area contributed by atoms with E-state index in [0.717, 1.165) is 16.7 Å². The van der Waals surface area contributed by atoms with Gasteiger partial charge in [-0.25, -0.2) is 0 Å². The van der Waals surface area contributed by atoms with Gasteiger partial charge in [0.1, 0.15) is 5.58 Å². The lowest BCUT2D eigenvalue weighted by atomic mass is 10.0. The van der Waals surface area contributed by atoms with Crippen molar-refractivity contribution in [2.75, 3.05) is 12.3 Å². The molecule has 0 radical (unpaired) electrons. The van der Waals surface area contributed by atoms with Gasteiger partial charge >= 0.3 is 0 Å². The minimum atomic E-state index is -0.289. The Kier molecular flexibility index (Phi) is 5.53. The molecule has 1 aromatic heterocycles. The quantitative estimate of drug-likeness (QED) is 0.400. The van der Waals surface area contributed by atoms with Crippen molar-refractivity contribution in [3.8, 4) is 11.1 Å². The summed E-state index contributed by atoms with van der Waals surface area (Å²) < 4.78 is 5.89. The van der Waals surface area contributed by atoms with E-state index in [0.29, 0.717) is 39.4 Å². The molecule has 4 rings (SSSR count). The molecule has 6 heteroatoms. The molecule has 1 amide bonds. The number of anilines is 1. The number of hydrogen-bond donors (Lipinski definition) is 2. The molecule has 0 unspecified atom stereocenters. The molecule has 0 saturated carbocycles. The minimum absolute atomic E-state index is 0.105. The predicted molar refractivity (Wildman–Crippen MR) is 124 cm³/mol. The average molecular weight is 433 g/mol. The van der Waals surface area contributed by atoms with Crippen LogP contribution in [0.1, 0.15) is 39.0 Å². The molecule has 5 nitrogen and oxygen atoms in total. The second-order valence-electron chi connectivity index (χ2n) is 7.28. The van der Waals surface area contributed by atoms with Gasteiger partial charge in [-0.05, 0) is 73.0 Å². The van der Waals surface area contributed by atoms with E-state index in [1.807, 2.05) is 50.2 Å². The van der Waals surface area contributed by atoms with Crippen molar-refractivity contribution >= 4 is 39.9 Å². The summed E-state index contributed by atoms with van der Waals surface area (Å²) in [7, 11) is 0. The highest BCUT2D eigenvalue weighted by Crippen LogP contribution is 2.34. The van der Waals surface area contributed by atoms with Crippen LogP contribution < -0.4 is 11.1 Å². The fraction of sp³-hybridized carbons (Fsp3) is 0.120. The van der Waals surface area contributed by atoms with Crippen molar-refractivity contribution in [2.45, 2.75) is 13.8 Å². The van der Waals surface area contributed by atoms with Gasteiger partial charge in [0.2, 0.25) is 5.78 Å². The van der Waals surface area contributed by atoms with Crippen LogP contribution in [0.3, 0.4) is 0 Å². The standard InChI is InChI=1S/C25H21ClN2O3/c1-3-28-25(30)17-6-4-5-15(12-17)16-7-9-20-21(13-16)31-24(22(20)27)23(29)19-10-8-18(26)11-14(19)2/h4-13H,3,27H2,1-2H3,(H,28,30). The molecular formula is C25H21ClN2O3. The topological polar surface area (TPSA) is 85.3 Å². The molecule has 0 spiro atoms. The first kappa shape index (κ1) is 20.7. The zero-order valence-electron chi connectivity index (χ0n) is 17.2. The Morgan fingerprint density at radius 1 is 1.03 bits per heavy atom. The summed E-state index contributed by atoms with van der Waals surface area (Å²) in [6, 6.07) is 18.0. The van der Waals surface area contributed by atoms with Crippen LogP contribution in [-0.2, 0) is 0 Å². The molecule has 0 saturated heterocycles. The second kappa shape index (κ2) is 8.28. The van der Waals surface area contributed by atoms with E-state index < -0.39 is 0 Å². The van der Waals surface area contributed by atoms with Gasteiger partial charge in [0.15, 0.2) is 5.76 Å². The third kappa shape index (κ3) is 3.92. The fourth-order valence-electron chi connectivity index (χ4n) is 3.57. The summed E-state index contributed by atoms with van der Waals surface area (Å²) in [5.41, 5.74) is 10.6. The first-order valence-corrected chi connectivity index (χ1v) is 10.3. The molecule has 4 aromatic rings. The van der Waals surface area contributed by atoms with E-state index in [-0.39, 0.29) is 17.5 Å².